The zero-order chi connectivity index (χ0) is 20.0. The fraction of sp³-hybridized carbons (Fsp3) is 0.158. The number of nitrogens with one attached hydrogen (secondary N) is 1. The zero-order valence-electron chi connectivity index (χ0n) is 14.5. The lowest BCUT2D eigenvalue weighted by Crippen LogP contribution is -2.13. The van der Waals surface area contributed by atoms with E-state index in [-0.39, 0.29) is 15.6 Å². The SMILES string of the molecule is CCOc1cc(Cl)c(/C=C(/C#N)C(=O)Nc2cccc(Cl)c2Cl)cc1OC. The van der Waals surface area contributed by atoms with Crippen molar-refractivity contribution < 1.29 is 14.3 Å². The zero-order valence-corrected chi connectivity index (χ0v) is 16.7. The third kappa shape index (κ3) is 5.08. The highest BCUT2D eigenvalue weighted by Gasteiger charge is 2.15. The van der Waals surface area contributed by atoms with Crippen LogP contribution in [0.5, 0.6) is 11.5 Å². The predicted octanol–water partition coefficient (Wildman–Crippen LogP) is 5.60. The summed E-state index contributed by atoms with van der Waals surface area (Å²) in [4.78, 5) is 12.4. The minimum absolute atomic E-state index is 0.167. The second-order valence-corrected chi connectivity index (χ2v) is 6.38. The summed E-state index contributed by atoms with van der Waals surface area (Å²) in [5.74, 6) is 0.254. The lowest BCUT2D eigenvalue weighted by Gasteiger charge is -2.12. The van der Waals surface area contributed by atoms with Gasteiger partial charge < -0.3 is 14.8 Å². The van der Waals surface area contributed by atoms with Crippen molar-refractivity contribution in [2.75, 3.05) is 19.0 Å². The molecule has 2 rings (SSSR count). The lowest BCUT2D eigenvalue weighted by atomic mass is 10.1. The van der Waals surface area contributed by atoms with Crippen molar-refractivity contribution in [3.05, 3.63) is 56.5 Å². The van der Waals surface area contributed by atoms with E-state index in [0.29, 0.717) is 34.4 Å². The quantitative estimate of drug-likeness (QED) is 0.483. The average molecular weight is 426 g/mol. The summed E-state index contributed by atoms with van der Waals surface area (Å²) in [6, 6.07) is 9.80. The number of rotatable bonds is 6. The topological polar surface area (TPSA) is 71.3 Å². The summed E-state index contributed by atoms with van der Waals surface area (Å²) in [7, 11) is 1.48. The highest BCUT2D eigenvalue weighted by Crippen LogP contribution is 2.35. The molecule has 2 aromatic carbocycles. The Hall–Kier alpha value is -2.39. The summed E-state index contributed by atoms with van der Waals surface area (Å²) in [5, 5.41) is 12.7. The first-order valence-electron chi connectivity index (χ1n) is 7.78. The van der Waals surface area contributed by atoms with Crippen LogP contribution in [0.15, 0.2) is 35.9 Å². The molecular formula is C19H15Cl3N2O3. The van der Waals surface area contributed by atoms with Crippen molar-refractivity contribution in [3.63, 3.8) is 0 Å². The molecule has 0 bridgehead atoms. The molecule has 140 valence electrons. The van der Waals surface area contributed by atoms with Crippen LogP contribution in [-0.4, -0.2) is 19.6 Å². The number of carbonyl (C=O) groups is 1. The van der Waals surface area contributed by atoms with Gasteiger partial charge in [-0.3, -0.25) is 4.79 Å². The maximum Gasteiger partial charge on any atom is 0.266 e. The van der Waals surface area contributed by atoms with Gasteiger partial charge in [-0.25, -0.2) is 0 Å². The van der Waals surface area contributed by atoms with Crippen molar-refractivity contribution in [3.8, 4) is 17.6 Å². The van der Waals surface area contributed by atoms with Crippen LogP contribution in [-0.2, 0) is 4.79 Å². The molecule has 0 aliphatic rings. The molecule has 0 unspecified atom stereocenters. The van der Waals surface area contributed by atoms with Gasteiger partial charge in [-0.15, -0.1) is 0 Å². The van der Waals surface area contributed by atoms with Gasteiger partial charge in [0, 0.05) is 6.07 Å². The lowest BCUT2D eigenvalue weighted by molar-refractivity contribution is -0.112. The normalized spacial score (nSPS) is 10.9. The Bertz CT molecular complexity index is 937. The smallest absolute Gasteiger partial charge is 0.266 e. The molecular weight excluding hydrogens is 411 g/mol. The van der Waals surface area contributed by atoms with E-state index >= 15 is 0 Å². The maximum absolute atomic E-state index is 12.4. The van der Waals surface area contributed by atoms with E-state index in [2.05, 4.69) is 5.32 Å². The van der Waals surface area contributed by atoms with Gasteiger partial charge in [-0.05, 0) is 36.8 Å². The van der Waals surface area contributed by atoms with Gasteiger partial charge in [0.25, 0.3) is 5.91 Å². The van der Waals surface area contributed by atoms with Gasteiger partial charge in [-0.2, -0.15) is 5.26 Å². The number of halogens is 3. The Morgan fingerprint density at radius 2 is 1.96 bits per heavy atom. The van der Waals surface area contributed by atoms with Crippen LogP contribution in [0.25, 0.3) is 6.08 Å². The van der Waals surface area contributed by atoms with Crippen molar-refractivity contribution in [1.29, 1.82) is 5.26 Å². The van der Waals surface area contributed by atoms with Crippen molar-refractivity contribution in [2.45, 2.75) is 6.92 Å². The average Bonchev–Trinajstić information content (AvgIpc) is 2.65. The summed E-state index contributed by atoms with van der Waals surface area (Å²) < 4.78 is 10.7. The number of carbonyl (C=O) groups excluding carboxylic acids is 1. The van der Waals surface area contributed by atoms with Crippen LogP contribution >= 0.6 is 34.8 Å². The number of hydrogen-bond acceptors (Lipinski definition) is 4. The van der Waals surface area contributed by atoms with E-state index in [0.717, 1.165) is 0 Å². The molecule has 1 amide bonds. The largest absolute Gasteiger partial charge is 0.493 e. The molecule has 0 aliphatic heterocycles. The van der Waals surface area contributed by atoms with Crippen molar-refractivity contribution in [1.82, 2.24) is 0 Å². The van der Waals surface area contributed by atoms with Crippen LogP contribution in [0.2, 0.25) is 15.1 Å². The molecule has 27 heavy (non-hydrogen) atoms. The molecule has 0 atom stereocenters. The maximum atomic E-state index is 12.4. The Labute approximate surface area is 172 Å². The second kappa shape index (κ2) is 9.52. The molecule has 2 aromatic rings. The number of ether oxygens (including phenoxy) is 2. The summed E-state index contributed by atoms with van der Waals surface area (Å²) >= 11 is 18.2. The fourth-order valence-electron chi connectivity index (χ4n) is 2.18. The summed E-state index contributed by atoms with van der Waals surface area (Å²) in [6.07, 6.45) is 1.36. The minimum atomic E-state index is -0.648. The monoisotopic (exact) mass is 424 g/mol. The van der Waals surface area contributed by atoms with E-state index in [1.54, 1.807) is 30.3 Å². The second-order valence-electron chi connectivity index (χ2n) is 5.18. The Morgan fingerprint density at radius 1 is 1.22 bits per heavy atom. The number of nitriles is 1. The van der Waals surface area contributed by atoms with E-state index in [4.69, 9.17) is 44.3 Å². The molecule has 1 N–H and O–H groups in total. The highest BCUT2D eigenvalue weighted by molar-refractivity contribution is 6.44. The molecule has 0 radical (unpaired) electrons. The van der Waals surface area contributed by atoms with Crippen LogP contribution < -0.4 is 14.8 Å². The molecule has 0 aromatic heterocycles. The van der Waals surface area contributed by atoms with E-state index < -0.39 is 5.91 Å². The van der Waals surface area contributed by atoms with Crippen LogP contribution in [0.4, 0.5) is 5.69 Å². The standard InChI is InChI=1S/C19H15Cl3N2O3/c1-3-27-17-9-14(21)11(8-16(17)26-2)7-12(10-23)19(25)24-15-6-4-5-13(20)18(15)22/h4-9H,3H2,1-2H3,(H,24,25)/b12-7-. The molecule has 8 heteroatoms. The van der Waals surface area contributed by atoms with Crippen molar-refractivity contribution in [2.24, 2.45) is 0 Å². The third-order valence-electron chi connectivity index (χ3n) is 3.45. The first-order chi connectivity index (χ1) is 12.9. The molecule has 0 fully saturated rings. The number of amides is 1. The molecule has 0 heterocycles. The molecule has 5 nitrogen and oxygen atoms in total. The van der Waals surface area contributed by atoms with Crippen LogP contribution in [0, 0.1) is 11.3 Å². The number of methoxy groups -OCH3 is 1. The van der Waals surface area contributed by atoms with E-state index in [9.17, 15) is 10.1 Å². The number of hydrogen-bond donors (Lipinski definition) is 1. The van der Waals surface area contributed by atoms with Gasteiger partial charge in [0.05, 0.1) is 34.5 Å². The fourth-order valence-corrected chi connectivity index (χ4v) is 2.74. The Kier molecular flexibility index (Phi) is 7.37. The van der Waals surface area contributed by atoms with E-state index in [1.807, 2.05) is 13.0 Å². The third-order valence-corrected chi connectivity index (χ3v) is 4.59. The first-order valence-corrected chi connectivity index (χ1v) is 8.92. The molecule has 0 aliphatic carbocycles. The number of nitrogens with zero attached hydrogens (tertiary/aromatic N) is 1. The minimum Gasteiger partial charge on any atom is -0.493 e. The number of anilines is 1. The van der Waals surface area contributed by atoms with Gasteiger partial charge in [0.2, 0.25) is 0 Å². The van der Waals surface area contributed by atoms with Gasteiger partial charge in [0.1, 0.15) is 11.6 Å². The molecule has 0 saturated heterocycles. The van der Waals surface area contributed by atoms with Gasteiger partial charge in [-0.1, -0.05) is 40.9 Å². The molecule has 0 saturated carbocycles. The summed E-state index contributed by atoms with van der Waals surface area (Å²) in [5.41, 5.74) is 0.561. The van der Waals surface area contributed by atoms with Crippen molar-refractivity contribution >= 4 is 52.5 Å². The Morgan fingerprint density at radius 3 is 2.59 bits per heavy atom. The highest BCUT2D eigenvalue weighted by atomic mass is 35.5. The van der Waals surface area contributed by atoms with Gasteiger partial charge in [0.15, 0.2) is 11.5 Å². The summed E-state index contributed by atoms with van der Waals surface area (Å²) in [6.45, 7) is 2.27. The van der Waals surface area contributed by atoms with Crippen LogP contribution in [0.1, 0.15) is 12.5 Å². The number of benzene rings is 2. The molecule has 0 spiro atoms. The first kappa shape index (κ1) is 20.9. The van der Waals surface area contributed by atoms with Gasteiger partial charge >= 0.3 is 0 Å². The van der Waals surface area contributed by atoms with E-state index in [1.165, 1.54) is 13.2 Å². The van der Waals surface area contributed by atoms with Crippen LogP contribution in [0.3, 0.4) is 0 Å². The Balaban J connectivity index is 2.36. The predicted molar refractivity (Wildman–Crippen MR) is 108 cm³/mol.